The number of halogens is 1. The smallest absolute Gasteiger partial charge is 0.407 e. The Morgan fingerprint density at radius 2 is 2.22 bits per heavy atom. The second kappa shape index (κ2) is 8.58. The first-order chi connectivity index (χ1) is 17.8. The first kappa shape index (κ1) is 23.0. The molecule has 4 aromatic rings. The number of imidazole rings is 1. The molecule has 37 heavy (non-hydrogen) atoms. The van der Waals surface area contributed by atoms with Gasteiger partial charge in [0.1, 0.15) is 18.3 Å². The van der Waals surface area contributed by atoms with E-state index in [4.69, 9.17) is 4.74 Å². The number of nitrogens with zero attached hydrogens (tertiary/aromatic N) is 7. The van der Waals surface area contributed by atoms with Crippen LogP contribution in [-0.4, -0.2) is 58.3 Å². The highest BCUT2D eigenvalue weighted by atomic mass is 19.1. The van der Waals surface area contributed by atoms with Gasteiger partial charge >= 0.3 is 6.09 Å². The molecule has 3 atom stereocenters. The Kier molecular flexibility index (Phi) is 5.32. The van der Waals surface area contributed by atoms with Crippen LogP contribution in [0.5, 0.6) is 0 Å². The SMILES string of the molecule is Cn1nccc1-c1cnc(Nc2cc(C3CCC(OC(=O)NC4(C)CC4)C3F)[nH]n2)n2cc(C#N)nc12. The van der Waals surface area contributed by atoms with Gasteiger partial charge in [0.25, 0.3) is 0 Å². The number of fused-ring (bicyclic) bond motifs is 1. The molecule has 12 nitrogen and oxygen atoms in total. The molecule has 2 fully saturated rings. The van der Waals surface area contributed by atoms with Gasteiger partial charge in [0, 0.05) is 42.7 Å². The van der Waals surface area contributed by atoms with Crippen molar-refractivity contribution in [3.8, 4) is 17.3 Å². The van der Waals surface area contributed by atoms with Crippen molar-refractivity contribution >= 4 is 23.5 Å². The molecule has 4 aromatic heterocycles. The number of hydrogen-bond donors (Lipinski definition) is 3. The Hall–Kier alpha value is -4.47. The van der Waals surface area contributed by atoms with Crippen molar-refractivity contribution in [2.75, 3.05) is 5.32 Å². The van der Waals surface area contributed by atoms with Gasteiger partial charge in [0.15, 0.2) is 17.2 Å². The number of hydrogen-bond acceptors (Lipinski definition) is 8. The average molecular weight is 505 g/mol. The molecule has 0 bridgehead atoms. The van der Waals surface area contributed by atoms with E-state index in [1.165, 1.54) is 0 Å². The summed E-state index contributed by atoms with van der Waals surface area (Å²) >= 11 is 0. The van der Waals surface area contributed by atoms with Crippen molar-refractivity contribution < 1.29 is 13.9 Å². The van der Waals surface area contributed by atoms with Crippen LogP contribution in [-0.2, 0) is 11.8 Å². The summed E-state index contributed by atoms with van der Waals surface area (Å²) in [6, 6.07) is 5.62. The number of alkyl halides is 1. The summed E-state index contributed by atoms with van der Waals surface area (Å²) in [5, 5.41) is 26.7. The van der Waals surface area contributed by atoms with E-state index in [9.17, 15) is 10.1 Å². The van der Waals surface area contributed by atoms with Crippen molar-refractivity contribution in [3.05, 3.63) is 42.1 Å². The van der Waals surface area contributed by atoms with E-state index in [-0.39, 0.29) is 11.2 Å². The van der Waals surface area contributed by atoms with Crippen LogP contribution in [0.3, 0.4) is 0 Å². The zero-order valence-corrected chi connectivity index (χ0v) is 20.3. The number of alkyl carbamates (subject to hydrolysis) is 1. The molecule has 3 N–H and O–H groups in total. The molecule has 2 saturated carbocycles. The Morgan fingerprint density at radius 1 is 1.38 bits per heavy atom. The van der Waals surface area contributed by atoms with Gasteiger partial charge in [0.2, 0.25) is 5.95 Å². The predicted molar refractivity (Wildman–Crippen MR) is 130 cm³/mol. The number of anilines is 2. The maximum Gasteiger partial charge on any atom is 0.407 e. The maximum absolute atomic E-state index is 15.2. The van der Waals surface area contributed by atoms with Crippen LogP contribution in [0.2, 0.25) is 0 Å². The quantitative estimate of drug-likeness (QED) is 0.362. The molecule has 0 spiro atoms. The normalized spacial score (nSPS) is 22.1. The monoisotopic (exact) mass is 504 g/mol. The number of carbonyl (C=O) groups is 1. The number of aromatic nitrogens is 7. The van der Waals surface area contributed by atoms with Gasteiger partial charge in [-0.3, -0.25) is 14.2 Å². The Balaban J connectivity index is 1.20. The number of nitriles is 1. The van der Waals surface area contributed by atoms with Crippen molar-refractivity contribution in [2.45, 2.75) is 56.3 Å². The van der Waals surface area contributed by atoms with Crippen LogP contribution in [0.25, 0.3) is 16.9 Å². The minimum absolute atomic E-state index is 0.219. The van der Waals surface area contributed by atoms with Crippen molar-refractivity contribution in [1.29, 1.82) is 5.26 Å². The number of nitrogens with one attached hydrogen (secondary N) is 3. The third-order valence-electron chi connectivity index (χ3n) is 7.10. The van der Waals surface area contributed by atoms with Gasteiger partial charge in [-0.1, -0.05) is 0 Å². The van der Waals surface area contributed by atoms with Crippen LogP contribution in [0.1, 0.15) is 49.9 Å². The highest BCUT2D eigenvalue weighted by Gasteiger charge is 2.43. The second-order valence-electron chi connectivity index (χ2n) is 9.86. The van der Waals surface area contributed by atoms with Crippen LogP contribution >= 0.6 is 0 Å². The Labute approximate surface area is 210 Å². The fourth-order valence-electron chi connectivity index (χ4n) is 4.75. The van der Waals surface area contributed by atoms with Crippen molar-refractivity contribution in [2.24, 2.45) is 7.05 Å². The number of rotatable bonds is 6. The lowest BCUT2D eigenvalue weighted by atomic mass is 10.0. The summed E-state index contributed by atoms with van der Waals surface area (Å²) < 4.78 is 24.0. The molecule has 2 aliphatic carbocycles. The van der Waals surface area contributed by atoms with Gasteiger partial charge in [-0.2, -0.15) is 15.5 Å². The lowest BCUT2D eigenvalue weighted by Gasteiger charge is -2.19. The van der Waals surface area contributed by atoms with E-state index < -0.39 is 24.3 Å². The van der Waals surface area contributed by atoms with Crippen LogP contribution in [0.4, 0.5) is 21.0 Å². The molecule has 2 aliphatic rings. The average Bonchev–Trinajstić information content (AvgIpc) is 3.35. The summed E-state index contributed by atoms with van der Waals surface area (Å²) in [5.74, 6) is 0.346. The zero-order valence-electron chi connectivity index (χ0n) is 20.3. The van der Waals surface area contributed by atoms with Gasteiger partial charge in [-0.05, 0) is 38.7 Å². The second-order valence-corrected chi connectivity index (χ2v) is 9.86. The van der Waals surface area contributed by atoms with E-state index >= 15 is 4.39 Å². The van der Waals surface area contributed by atoms with Crippen molar-refractivity contribution in [3.63, 3.8) is 0 Å². The Bertz CT molecular complexity index is 1530. The number of H-pyrrole nitrogens is 1. The van der Waals surface area contributed by atoms with Crippen LogP contribution in [0.15, 0.2) is 30.7 Å². The zero-order chi connectivity index (χ0) is 25.7. The number of aromatic amines is 1. The number of carbonyl (C=O) groups excluding carboxylic acids is 1. The Morgan fingerprint density at radius 3 is 2.95 bits per heavy atom. The topological polar surface area (TPSA) is 151 Å². The first-order valence-corrected chi connectivity index (χ1v) is 12.1. The molecule has 4 heterocycles. The fourth-order valence-corrected chi connectivity index (χ4v) is 4.75. The first-order valence-electron chi connectivity index (χ1n) is 12.1. The minimum Gasteiger partial charge on any atom is -0.443 e. The molecular formula is C24H25FN10O2. The predicted octanol–water partition coefficient (Wildman–Crippen LogP) is 3.33. The van der Waals surface area contributed by atoms with E-state index in [1.54, 1.807) is 33.7 Å². The molecule has 190 valence electrons. The van der Waals surface area contributed by atoms with Gasteiger partial charge in [-0.25, -0.2) is 19.2 Å². The fraction of sp³-hybridized carbons (Fsp3) is 0.417. The summed E-state index contributed by atoms with van der Waals surface area (Å²) in [6.45, 7) is 1.94. The lowest BCUT2D eigenvalue weighted by molar-refractivity contribution is 0.0546. The largest absolute Gasteiger partial charge is 0.443 e. The molecule has 0 aromatic carbocycles. The van der Waals surface area contributed by atoms with E-state index in [1.807, 2.05) is 20.0 Å². The molecule has 3 unspecified atom stereocenters. The van der Waals surface area contributed by atoms with E-state index in [0.717, 1.165) is 18.5 Å². The standard InChI is InChI=1S/C24H25FN10O2/c1-24(6-7-24)31-23(36)37-18-4-3-14(20(18)25)16-9-19(33-32-16)30-22-27-11-15(17-5-8-28-34(17)2)21-29-13(10-26)12-35(21)22/h5,8-9,11-12,14,18,20H,3-4,6-7H2,1-2H3,(H,31,36)(H2,27,30,32,33). The van der Waals surface area contributed by atoms with Gasteiger partial charge in [0.05, 0.1) is 17.5 Å². The third kappa shape index (κ3) is 4.24. The van der Waals surface area contributed by atoms with Crippen LogP contribution < -0.4 is 10.6 Å². The summed E-state index contributed by atoms with van der Waals surface area (Å²) in [7, 11) is 1.81. The van der Waals surface area contributed by atoms with E-state index in [2.05, 4.69) is 42.0 Å². The lowest BCUT2D eigenvalue weighted by Crippen LogP contribution is -2.38. The number of ether oxygens (including phenoxy) is 1. The molecule has 0 saturated heterocycles. The molecule has 0 aliphatic heterocycles. The highest BCUT2D eigenvalue weighted by molar-refractivity contribution is 5.77. The van der Waals surface area contributed by atoms with E-state index in [0.29, 0.717) is 41.5 Å². The van der Waals surface area contributed by atoms with Crippen LogP contribution in [0, 0.1) is 11.3 Å². The third-order valence-corrected chi connectivity index (χ3v) is 7.10. The summed E-state index contributed by atoms with van der Waals surface area (Å²) in [4.78, 5) is 21.1. The number of aryl methyl sites for hydroxylation is 1. The molecule has 1 amide bonds. The molecule has 6 rings (SSSR count). The molecule has 13 heteroatoms. The van der Waals surface area contributed by atoms with Gasteiger partial charge < -0.3 is 15.4 Å². The number of amides is 1. The maximum atomic E-state index is 15.2. The van der Waals surface area contributed by atoms with Crippen molar-refractivity contribution in [1.82, 2.24) is 39.7 Å². The molecular weight excluding hydrogens is 479 g/mol. The van der Waals surface area contributed by atoms with Gasteiger partial charge in [-0.15, -0.1) is 0 Å². The minimum atomic E-state index is -1.35. The summed E-state index contributed by atoms with van der Waals surface area (Å²) in [5.41, 5.74) is 2.66. The highest BCUT2D eigenvalue weighted by Crippen LogP contribution is 2.39. The summed E-state index contributed by atoms with van der Waals surface area (Å²) in [6.07, 6.45) is 4.96. The molecule has 0 radical (unpaired) electrons.